The standard InChI is InChI=1S/C12H13N3OS/c13-7-10-3-4-11(8-14-10)17-9-12(16)15-5-1-2-6-15/h3-4,8H,1-2,5-6,9H2. The zero-order valence-electron chi connectivity index (χ0n) is 9.43. The molecule has 1 aliphatic heterocycles. The number of hydrogen-bond donors (Lipinski definition) is 0. The maximum atomic E-state index is 11.8. The lowest BCUT2D eigenvalue weighted by atomic mass is 10.4. The fourth-order valence-electron chi connectivity index (χ4n) is 1.73. The molecular weight excluding hydrogens is 234 g/mol. The van der Waals surface area contributed by atoms with Gasteiger partial charge in [0.2, 0.25) is 5.91 Å². The van der Waals surface area contributed by atoms with Crippen molar-refractivity contribution in [2.75, 3.05) is 18.8 Å². The molecule has 2 rings (SSSR count). The van der Waals surface area contributed by atoms with Crippen LogP contribution in [0.3, 0.4) is 0 Å². The molecule has 1 fully saturated rings. The molecule has 0 unspecified atom stereocenters. The second-order valence-electron chi connectivity index (χ2n) is 3.87. The van der Waals surface area contributed by atoms with Crippen LogP contribution in [0, 0.1) is 11.3 Å². The molecule has 1 saturated heterocycles. The minimum atomic E-state index is 0.192. The van der Waals surface area contributed by atoms with Crippen molar-refractivity contribution in [3.05, 3.63) is 24.0 Å². The number of likely N-dealkylation sites (tertiary alicyclic amines) is 1. The minimum absolute atomic E-state index is 0.192. The Balaban J connectivity index is 1.84. The van der Waals surface area contributed by atoms with Crippen LogP contribution in [0.15, 0.2) is 23.2 Å². The van der Waals surface area contributed by atoms with E-state index in [0.29, 0.717) is 11.4 Å². The predicted molar refractivity (Wildman–Crippen MR) is 65.5 cm³/mol. The number of nitrogens with zero attached hydrogens (tertiary/aromatic N) is 3. The number of carbonyl (C=O) groups is 1. The normalized spacial score (nSPS) is 14.6. The van der Waals surface area contributed by atoms with Crippen molar-refractivity contribution >= 4 is 17.7 Å². The van der Waals surface area contributed by atoms with Crippen LogP contribution < -0.4 is 0 Å². The molecule has 0 radical (unpaired) electrons. The smallest absolute Gasteiger partial charge is 0.232 e. The molecule has 17 heavy (non-hydrogen) atoms. The van der Waals surface area contributed by atoms with Gasteiger partial charge in [-0.05, 0) is 25.0 Å². The van der Waals surface area contributed by atoms with Gasteiger partial charge in [-0.3, -0.25) is 4.79 Å². The van der Waals surface area contributed by atoms with Gasteiger partial charge in [-0.1, -0.05) is 0 Å². The van der Waals surface area contributed by atoms with E-state index in [-0.39, 0.29) is 5.91 Å². The summed E-state index contributed by atoms with van der Waals surface area (Å²) in [5.41, 5.74) is 0.403. The Kier molecular flexibility index (Phi) is 3.99. The molecule has 1 aliphatic rings. The van der Waals surface area contributed by atoms with E-state index in [1.54, 1.807) is 12.3 Å². The van der Waals surface area contributed by atoms with Crippen LogP contribution in [0.4, 0.5) is 0 Å². The van der Waals surface area contributed by atoms with E-state index in [2.05, 4.69) is 4.98 Å². The average Bonchev–Trinajstić information content (AvgIpc) is 2.90. The number of carbonyl (C=O) groups excluding carboxylic acids is 1. The zero-order chi connectivity index (χ0) is 12.1. The number of pyridine rings is 1. The van der Waals surface area contributed by atoms with E-state index >= 15 is 0 Å². The van der Waals surface area contributed by atoms with Gasteiger partial charge in [-0.2, -0.15) is 5.26 Å². The molecule has 1 aromatic heterocycles. The number of aromatic nitrogens is 1. The number of thioether (sulfide) groups is 1. The third-order valence-corrected chi connectivity index (χ3v) is 3.64. The summed E-state index contributed by atoms with van der Waals surface area (Å²) in [5.74, 6) is 0.644. The third kappa shape index (κ3) is 3.21. The third-order valence-electron chi connectivity index (χ3n) is 2.67. The molecule has 0 bridgehead atoms. The van der Waals surface area contributed by atoms with E-state index < -0.39 is 0 Å². The van der Waals surface area contributed by atoms with Crippen molar-refractivity contribution in [2.45, 2.75) is 17.7 Å². The number of rotatable bonds is 3. The molecule has 2 heterocycles. The van der Waals surface area contributed by atoms with Gasteiger partial charge in [0, 0.05) is 24.2 Å². The Morgan fingerprint density at radius 3 is 2.82 bits per heavy atom. The maximum absolute atomic E-state index is 11.8. The molecule has 1 aromatic rings. The highest BCUT2D eigenvalue weighted by Crippen LogP contribution is 2.18. The van der Waals surface area contributed by atoms with E-state index in [1.165, 1.54) is 11.8 Å². The van der Waals surface area contributed by atoms with Crippen LogP contribution in [-0.2, 0) is 4.79 Å². The predicted octanol–water partition coefficient (Wildman–Crippen LogP) is 1.67. The van der Waals surface area contributed by atoms with Crippen LogP contribution in [0.2, 0.25) is 0 Å². The maximum Gasteiger partial charge on any atom is 0.232 e. The summed E-state index contributed by atoms with van der Waals surface area (Å²) >= 11 is 1.47. The minimum Gasteiger partial charge on any atom is -0.342 e. The Hall–Kier alpha value is -1.54. The summed E-state index contributed by atoms with van der Waals surface area (Å²) in [7, 11) is 0. The van der Waals surface area contributed by atoms with Crippen LogP contribution in [-0.4, -0.2) is 34.6 Å². The lowest BCUT2D eigenvalue weighted by Gasteiger charge is -2.14. The number of nitriles is 1. The summed E-state index contributed by atoms with van der Waals surface area (Å²) in [6.45, 7) is 1.79. The van der Waals surface area contributed by atoms with Gasteiger partial charge >= 0.3 is 0 Å². The van der Waals surface area contributed by atoms with Gasteiger partial charge < -0.3 is 4.90 Å². The molecule has 5 heteroatoms. The highest BCUT2D eigenvalue weighted by atomic mass is 32.2. The average molecular weight is 247 g/mol. The molecular formula is C12H13N3OS. The monoisotopic (exact) mass is 247 g/mol. The van der Waals surface area contributed by atoms with Crippen LogP contribution in [0.25, 0.3) is 0 Å². The van der Waals surface area contributed by atoms with Crippen molar-refractivity contribution in [2.24, 2.45) is 0 Å². The highest BCUT2D eigenvalue weighted by Gasteiger charge is 2.17. The Morgan fingerprint density at radius 2 is 2.24 bits per heavy atom. The summed E-state index contributed by atoms with van der Waals surface area (Å²) in [5, 5.41) is 8.61. The molecule has 1 amide bonds. The van der Waals surface area contributed by atoms with Gasteiger partial charge in [-0.15, -0.1) is 11.8 Å². The largest absolute Gasteiger partial charge is 0.342 e. The van der Waals surface area contributed by atoms with Gasteiger partial charge in [0.25, 0.3) is 0 Å². The van der Waals surface area contributed by atoms with E-state index in [4.69, 9.17) is 5.26 Å². The van der Waals surface area contributed by atoms with Gasteiger partial charge in [0.15, 0.2) is 0 Å². The van der Waals surface area contributed by atoms with Gasteiger partial charge in [-0.25, -0.2) is 4.98 Å². The lowest BCUT2D eigenvalue weighted by molar-refractivity contribution is -0.127. The first-order valence-corrected chi connectivity index (χ1v) is 6.55. The lowest BCUT2D eigenvalue weighted by Crippen LogP contribution is -2.29. The van der Waals surface area contributed by atoms with Crippen LogP contribution in [0.5, 0.6) is 0 Å². The molecule has 0 atom stereocenters. The van der Waals surface area contributed by atoms with Crippen molar-refractivity contribution in [3.63, 3.8) is 0 Å². The van der Waals surface area contributed by atoms with Gasteiger partial charge in [0.05, 0.1) is 5.75 Å². The zero-order valence-corrected chi connectivity index (χ0v) is 10.2. The molecule has 0 aliphatic carbocycles. The van der Waals surface area contributed by atoms with E-state index in [0.717, 1.165) is 30.8 Å². The van der Waals surface area contributed by atoms with Crippen molar-refractivity contribution in [3.8, 4) is 6.07 Å². The van der Waals surface area contributed by atoms with Crippen LogP contribution in [0.1, 0.15) is 18.5 Å². The van der Waals surface area contributed by atoms with Crippen molar-refractivity contribution < 1.29 is 4.79 Å². The summed E-state index contributed by atoms with van der Waals surface area (Å²) < 4.78 is 0. The van der Waals surface area contributed by atoms with Crippen molar-refractivity contribution in [1.82, 2.24) is 9.88 Å². The Bertz CT molecular complexity index is 432. The molecule has 0 spiro atoms. The first-order chi connectivity index (χ1) is 8.29. The molecule has 0 N–H and O–H groups in total. The topological polar surface area (TPSA) is 57.0 Å². The second-order valence-corrected chi connectivity index (χ2v) is 4.92. The molecule has 0 saturated carbocycles. The second kappa shape index (κ2) is 5.69. The highest BCUT2D eigenvalue weighted by molar-refractivity contribution is 8.00. The SMILES string of the molecule is N#Cc1ccc(SCC(=O)N2CCCC2)cn1. The fraction of sp³-hybridized carbons (Fsp3) is 0.417. The molecule has 88 valence electrons. The van der Waals surface area contributed by atoms with Crippen LogP contribution >= 0.6 is 11.8 Å². The van der Waals surface area contributed by atoms with E-state index in [1.807, 2.05) is 17.0 Å². The fourth-order valence-corrected chi connectivity index (χ4v) is 2.50. The Labute approximate surface area is 105 Å². The van der Waals surface area contributed by atoms with Crippen molar-refractivity contribution in [1.29, 1.82) is 5.26 Å². The first kappa shape index (κ1) is 11.9. The number of hydrogen-bond acceptors (Lipinski definition) is 4. The number of amides is 1. The van der Waals surface area contributed by atoms with Gasteiger partial charge in [0.1, 0.15) is 11.8 Å². The van der Waals surface area contributed by atoms with E-state index in [9.17, 15) is 4.79 Å². The first-order valence-electron chi connectivity index (χ1n) is 5.56. The summed E-state index contributed by atoms with van der Waals surface area (Å²) in [6.07, 6.45) is 3.88. The Morgan fingerprint density at radius 1 is 1.47 bits per heavy atom. The summed E-state index contributed by atoms with van der Waals surface area (Å²) in [4.78, 5) is 18.6. The molecule has 0 aromatic carbocycles. The quantitative estimate of drug-likeness (QED) is 0.762. The summed E-state index contributed by atoms with van der Waals surface area (Å²) in [6, 6.07) is 5.46. The molecule has 4 nitrogen and oxygen atoms in total.